The number of sulfonamides is 1. The Morgan fingerprint density at radius 2 is 2.00 bits per heavy atom. The smallest absolute Gasteiger partial charge is 0.335 e. The maximum atomic E-state index is 12.0. The minimum absolute atomic E-state index is 0.00400. The molecule has 9 heteroatoms. The minimum atomic E-state index is -3.52. The molecule has 0 unspecified atom stereocenters. The van der Waals surface area contributed by atoms with Crippen LogP contribution in [0.4, 0.5) is 5.69 Å². The van der Waals surface area contributed by atoms with Crippen LogP contribution >= 0.6 is 0 Å². The van der Waals surface area contributed by atoms with Crippen LogP contribution in [0.25, 0.3) is 0 Å². The molecule has 2 rings (SSSR count). The maximum Gasteiger partial charge on any atom is 0.335 e. The van der Waals surface area contributed by atoms with E-state index in [-0.39, 0.29) is 29.5 Å². The van der Waals surface area contributed by atoms with Crippen molar-refractivity contribution in [3.63, 3.8) is 0 Å². The van der Waals surface area contributed by atoms with Gasteiger partial charge in [0.05, 0.1) is 16.5 Å². The summed E-state index contributed by atoms with van der Waals surface area (Å²) in [6, 6.07) is 3.78. The molecule has 1 saturated carbocycles. The number of rotatable bonds is 7. The van der Waals surface area contributed by atoms with Crippen LogP contribution in [0.3, 0.4) is 0 Å². The molecule has 126 valence electrons. The maximum absolute atomic E-state index is 12.0. The van der Waals surface area contributed by atoms with Crippen molar-refractivity contribution >= 4 is 27.6 Å². The van der Waals surface area contributed by atoms with E-state index in [9.17, 15) is 18.0 Å². The van der Waals surface area contributed by atoms with Gasteiger partial charge in [-0.2, -0.15) is 0 Å². The quantitative estimate of drug-likeness (QED) is 0.756. The lowest BCUT2D eigenvalue weighted by atomic mass is 10.2. The SMILES string of the molecule is CN(C)C(=O)COc1cc(C(=O)O)ccc1NS(=O)(=O)C1CC1. The van der Waals surface area contributed by atoms with Gasteiger partial charge >= 0.3 is 5.97 Å². The number of carboxylic acids is 1. The number of hydrogen-bond acceptors (Lipinski definition) is 5. The Balaban J connectivity index is 2.25. The fourth-order valence-corrected chi connectivity index (χ4v) is 3.14. The summed E-state index contributed by atoms with van der Waals surface area (Å²) >= 11 is 0. The van der Waals surface area contributed by atoms with Gasteiger partial charge in [0.25, 0.3) is 5.91 Å². The molecule has 1 amide bonds. The first-order valence-electron chi connectivity index (χ1n) is 6.92. The Hall–Kier alpha value is -2.29. The van der Waals surface area contributed by atoms with E-state index >= 15 is 0 Å². The van der Waals surface area contributed by atoms with E-state index in [1.165, 1.54) is 23.1 Å². The van der Waals surface area contributed by atoms with Gasteiger partial charge < -0.3 is 14.7 Å². The molecule has 0 aromatic heterocycles. The Kier molecular flexibility index (Phi) is 4.79. The fourth-order valence-electron chi connectivity index (χ4n) is 1.74. The van der Waals surface area contributed by atoms with E-state index in [1.54, 1.807) is 14.1 Å². The van der Waals surface area contributed by atoms with E-state index < -0.39 is 21.2 Å². The number of ether oxygens (including phenoxy) is 1. The van der Waals surface area contributed by atoms with E-state index in [4.69, 9.17) is 9.84 Å². The van der Waals surface area contributed by atoms with Crippen molar-refractivity contribution in [2.75, 3.05) is 25.4 Å². The molecule has 0 radical (unpaired) electrons. The molecule has 0 aliphatic heterocycles. The highest BCUT2D eigenvalue weighted by molar-refractivity contribution is 7.93. The number of benzene rings is 1. The minimum Gasteiger partial charge on any atom is -0.482 e. The molecule has 1 fully saturated rings. The van der Waals surface area contributed by atoms with Crippen molar-refractivity contribution in [1.82, 2.24) is 4.90 Å². The molecule has 1 aromatic carbocycles. The molecule has 1 aliphatic carbocycles. The van der Waals surface area contributed by atoms with Crippen LogP contribution in [0.5, 0.6) is 5.75 Å². The highest BCUT2D eigenvalue weighted by atomic mass is 32.2. The van der Waals surface area contributed by atoms with Crippen LogP contribution in [-0.2, 0) is 14.8 Å². The average molecular weight is 342 g/mol. The molecule has 0 atom stereocenters. The van der Waals surface area contributed by atoms with E-state index in [0.29, 0.717) is 12.8 Å². The van der Waals surface area contributed by atoms with Crippen LogP contribution in [0.15, 0.2) is 18.2 Å². The number of carbonyl (C=O) groups is 2. The number of nitrogens with zero attached hydrogens (tertiary/aromatic N) is 1. The second kappa shape index (κ2) is 6.45. The van der Waals surface area contributed by atoms with Gasteiger partial charge in [0.15, 0.2) is 6.61 Å². The predicted molar refractivity (Wildman–Crippen MR) is 83.2 cm³/mol. The number of carbonyl (C=O) groups excluding carboxylic acids is 1. The lowest BCUT2D eigenvalue weighted by Gasteiger charge is -2.15. The molecular weight excluding hydrogens is 324 g/mol. The van der Waals surface area contributed by atoms with Gasteiger partial charge in [-0.25, -0.2) is 13.2 Å². The van der Waals surface area contributed by atoms with Crippen molar-refractivity contribution in [2.24, 2.45) is 0 Å². The molecule has 0 heterocycles. The van der Waals surface area contributed by atoms with Crippen molar-refractivity contribution in [2.45, 2.75) is 18.1 Å². The van der Waals surface area contributed by atoms with E-state index in [1.807, 2.05) is 0 Å². The van der Waals surface area contributed by atoms with E-state index in [0.717, 1.165) is 0 Å². The molecule has 0 saturated heterocycles. The monoisotopic (exact) mass is 342 g/mol. The summed E-state index contributed by atoms with van der Waals surface area (Å²) in [5, 5.41) is 8.59. The number of amides is 1. The van der Waals surface area contributed by atoms with Crippen molar-refractivity contribution in [1.29, 1.82) is 0 Å². The summed E-state index contributed by atoms with van der Waals surface area (Å²) in [4.78, 5) is 24.0. The number of likely N-dealkylation sites (N-methyl/N-ethyl adjacent to an activating group) is 1. The van der Waals surface area contributed by atoms with Gasteiger partial charge in [-0.15, -0.1) is 0 Å². The third-order valence-corrected chi connectivity index (χ3v) is 5.15. The lowest BCUT2D eigenvalue weighted by molar-refractivity contribution is -0.130. The van der Waals surface area contributed by atoms with E-state index in [2.05, 4.69) is 4.72 Å². The topological polar surface area (TPSA) is 113 Å². The van der Waals surface area contributed by atoms with Gasteiger partial charge in [-0.1, -0.05) is 0 Å². The van der Waals surface area contributed by atoms with Crippen LogP contribution < -0.4 is 9.46 Å². The highest BCUT2D eigenvalue weighted by Gasteiger charge is 2.36. The summed E-state index contributed by atoms with van der Waals surface area (Å²) in [5.74, 6) is -1.50. The Morgan fingerprint density at radius 1 is 1.35 bits per heavy atom. The standard InChI is InChI=1S/C14H18N2O6S/c1-16(2)13(17)8-22-12-7-9(14(18)19)3-6-11(12)15-23(20,21)10-4-5-10/h3,6-7,10,15H,4-5,8H2,1-2H3,(H,18,19). The molecule has 1 aromatic rings. The average Bonchev–Trinajstić information content (AvgIpc) is 3.30. The number of hydrogen-bond donors (Lipinski definition) is 2. The largest absolute Gasteiger partial charge is 0.482 e. The zero-order valence-corrected chi connectivity index (χ0v) is 13.6. The van der Waals surface area contributed by atoms with Crippen LogP contribution in [0.1, 0.15) is 23.2 Å². The van der Waals surface area contributed by atoms with Crippen molar-refractivity contribution in [3.8, 4) is 5.75 Å². The van der Waals surface area contributed by atoms with Gasteiger partial charge in [-0.3, -0.25) is 9.52 Å². The van der Waals surface area contributed by atoms with Gasteiger partial charge in [0, 0.05) is 14.1 Å². The fraction of sp³-hybridized carbons (Fsp3) is 0.429. The third-order valence-electron chi connectivity index (χ3n) is 3.29. The van der Waals surface area contributed by atoms with Crippen LogP contribution in [0.2, 0.25) is 0 Å². The first-order valence-corrected chi connectivity index (χ1v) is 8.47. The summed E-state index contributed by atoms with van der Waals surface area (Å²) < 4.78 is 31.8. The van der Waals surface area contributed by atoms with Crippen molar-refractivity contribution < 1.29 is 27.9 Å². The lowest BCUT2D eigenvalue weighted by Crippen LogP contribution is -2.28. The Morgan fingerprint density at radius 3 is 2.52 bits per heavy atom. The first-order chi connectivity index (χ1) is 10.7. The summed E-state index contributed by atoms with van der Waals surface area (Å²) in [7, 11) is -0.420. The molecule has 23 heavy (non-hydrogen) atoms. The predicted octanol–water partition coefficient (Wildman–Crippen LogP) is 0.756. The number of anilines is 1. The van der Waals surface area contributed by atoms with Crippen LogP contribution in [0, 0.1) is 0 Å². The number of nitrogens with one attached hydrogen (secondary N) is 1. The first kappa shape index (κ1) is 17.1. The molecule has 8 nitrogen and oxygen atoms in total. The molecular formula is C14H18N2O6S. The Bertz CT molecular complexity index is 725. The normalized spacial score (nSPS) is 14.2. The molecule has 2 N–H and O–H groups in total. The number of aromatic carboxylic acids is 1. The molecule has 1 aliphatic rings. The Labute approximate surface area is 134 Å². The third kappa shape index (κ3) is 4.35. The summed E-state index contributed by atoms with van der Waals surface area (Å²) in [6.07, 6.45) is 1.19. The second-order valence-corrected chi connectivity index (χ2v) is 7.40. The van der Waals surface area contributed by atoms with Gasteiger partial charge in [0.2, 0.25) is 10.0 Å². The molecule has 0 spiro atoms. The van der Waals surface area contributed by atoms with Gasteiger partial charge in [0.1, 0.15) is 5.75 Å². The summed E-state index contributed by atoms with van der Waals surface area (Å²) in [6.45, 7) is -0.325. The van der Waals surface area contributed by atoms with Crippen LogP contribution in [-0.4, -0.2) is 56.3 Å². The zero-order chi connectivity index (χ0) is 17.2. The van der Waals surface area contributed by atoms with Gasteiger partial charge in [-0.05, 0) is 31.0 Å². The summed E-state index contributed by atoms with van der Waals surface area (Å²) in [5.41, 5.74) is 0.0557. The highest BCUT2D eigenvalue weighted by Crippen LogP contribution is 2.33. The van der Waals surface area contributed by atoms with Crippen molar-refractivity contribution in [3.05, 3.63) is 23.8 Å². The number of carboxylic acid groups (broad SMARTS) is 1. The second-order valence-electron chi connectivity index (χ2n) is 5.44. The molecule has 0 bridgehead atoms. The zero-order valence-electron chi connectivity index (χ0n) is 12.8.